The number of anilines is 2. The van der Waals surface area contributed by atoms with Crippen LogP contribution in [0.1, 0.15) is 17.4 Å². The van der Waals surface area contributed by atoms with Gasteiger partial charge in [-0.1, -0.05) is 48.0 Å². The Morgan fingerprint density at radius 3 is 2.19 bits per heavy atom. The number of ether oxygens (including phenoxy) is 2. The Balaban J connectivity index is 1.44. The molecule has 5 aromatic rings. The van der Waals surface area contributed by atoms with Gasteiger partial charge in [-0.05, 0) is 55.5 Å². The van der Waals surface area contributed by atoms with Crippen molar-refractivity contribution in [2.45, 2.75) is 13.2 Å². The van der Waals surface area contributed by atoms with Crippen LogP contribution in [0.2, 0.25) is 0 Å². The van der Waals surface area contributed by atoms with Crippen LogP contribution in [0.4, 0.5) is 11.4 Å². The summed E-state index contributed by atoms with van der Waals surface area (Å²) in [5.41, 5.74) is 7.97. The standard InChI is InChI=1S/C28H24N2O2/c1-19-6-10-21(11-7-19)29-22-12-15-27-25(18-22)24-4-2-3-5-26(24)30(27)23-13-8-20(9-14-23)28-31-16-17-32-28/h2-15,18,28-29H,16-17H2,1H3. The van der Waals surface area contributed by atoms with Crippen LogP contribution in [-0.2, 0) is 9.47 Å². The van der Waals surface area contributed by atoms with Gasteiger partial charge in [0.05, 0.1) is 24.2 Å². The Labute approximate surface area is 187 Å². The molecule has 1 fully saturated rings. The average molecular weight is 421 g/mol. The van der Waals surface area contributed by atoms with Crippen LogP contribution in [0.5, 0.6) is 0 Å². The van der Waals surface area contributed by atoms with E-state index in [9.17, 15) is 0 Å². The second kappa shape index (κ2) is 7.83. The summed E-state index contributed by atoms with van der Waals surface area (Å²) in [5.74, 6) is 0. The van der Waals surface area contributed by atoms with E-state index in [-0.39, 0.29) is 6.29 Å². The van der Waals surface area contributed by atoms with Gasteiger partial charge in [-0.3, -0.25) is 0 Å². The number of nitrogens with one attached hydrogen (secondary N) is 1. The summed E-state index contributed by atoms with van der Waals surface area (Å²) >= 11 is 0. The van der Waals surface area contributed by atoms with Gasteiger partial charge in [-0.2, -0.15) is 0 Å². The SMILES string of the molecule is Cc1ccc(Nc2ccc3c(c2)c2ccccc2n3-c2ccc(C3OCCO3)cc2)cc1. The minimum absolute atomic E-state index is 0.252. The number of aryl methyl sites for hydroxylation is 1. The summed E-state index contributed by atoms with van der Waals surface area (Å²) in [6, 6.07) is 32.1. The maximum atomic E-state index is 5.64. The molecule has 158 valence electrons. The van der Waals surface area contributed by atoms with Gasteiger partial charge in [0.15, 0.2) is 6.29 Å². The topological polar surface area (TPSA) is 35.4 Å². The van der Waals surface area contributed by atoms with E-state index in [0.717, 1.165) is 22.6 Å². The largest absolute Gasteiger partial charge is 0.356 e. The van der Waals surface area contributed by atoms with E-state index in [0.29, 0.717) is 13.2 Å². The van der Waals surface area contributed by atoms with Gasteiger partial charge in [0.1, 0.15) is 0 Å². The lowest BCUT2D eigenvalue weighted by Gasteiger charge is -2.12. The summed E-state index contributed by atoms with van der Waals surface area (Å²) < 4.78 is 13.6. The first-order valence-corrected chi connectivity index (χ1v) is 11.0. The number of nitrogens with zero attached hydrogens (tertiary/aromatic N) is 1. The molecule has 0 radical (unpaired) electrons. The molecule has 32 heavy (non-hydrogen) atoms. The molecule has 1 N–H and O–H groups in total. The average Bonchev–Trinajstić information content (AvgIpc) is 3.47. The zero-order chi connectivity index (χ0) is 21.5. The van der Waals surface area contributed by atoms with Gasteiger partial charge in [0.25, 0.3) is 0 Å². The van der Waals surface area contributed by atoms with Crippen molar-refractivity contribution in [3.63, 3.8) is 0 Å². The third-order valence-corrected chi connectivity index (χ3v) is 6.06. The number of hydrogen-bond donors (Lipinski definition) is 1. The van der Waals surface area contributed by atoms with Gasteiger partial charge < -0.3 is 19.4 Å². The molecule has 4 heteroatoms. The van der Waals surface area contributed by atoms with Gasteiger partial charge in [-0.25, -0.2) is 0 Å². The zero-order valence-electron chi connectivity index (χ0n) is 17.9. The van der Waals surface area contributed by atoms with E-state index >= 15 is 0 Å². The van der Waals surface area contributed by atoms with Crippen molar-refractivity contribution in [3.8, 4) is 5.69 Å². The lowest BCUT2D eigenvalue weighted by Crippen LogP contribution is -1.99. The Bertz CT molecular complexity index is 1400. The minimum atomic E-state index is -0.252. The van der Waals surface area contributed by atoms with E-state index < -0.39 is 0 Å². The number of hydrogen-bond acceptors (Lipinski definition) is 3. The molecule has 6 rings (SSSR count). The smallest absolute Gasteiger partial charge is 0.184 e. The molecule has 1 aromatic heterocycles. The molecule has 1 aliphatic rings. The van der Waals surface area contributed by atoms with Crippen molar-refractivity contribution in [1.82, 2.24) is 4.57 Å². The van der Waals surface area contributed by atoms with Crippen molar-refractivity contribution >= 4 is 33.2 Å². The fraction of sp³-hybridized carbons (Fsp3) is 0.143. The van der Waals surface area contributed by atoms with Gasteiger partial charge >= 0.3 is 0 Å². The maximum absolute atomic E-state index is 5.64. The first kappa shape index (κ1) is 19.1. The Kier molecular flexibility index (Phi) is 4.67. The minimum Gasteiger partial charge on any atom is -0.356 e. The number of para-hydroxylation sites is 1. The summed E-state index contributed by atoms with van der Waals surface area (Å²) in [4.78, 5) is 0. The molecule has 2 heterocycles. The highest BCUT2D eigenvalue weighted by Gasteiger charge is 2.18. The van der Waals surface area contributed by atoms with Gasteiger partial charge in [0, 0.05) is 33.4 Å². The van der Waals surface area contributed by atoms with Crippen molar-refractivity contribution in [2.75, 3.05) is 18.5 Å². The molecule has 0 amide bonds. The van der Waals surface area contributed by atoms with Crippen LogP contribution in [0.3, 0.4) is 0 Å². The molecule has 0 bridgehead atoms. The predicted octanol–water partition coefficient (Wildman–Crippen LogP) is 6.88. The fourth-order valence-corrected chi connectivity index (χ4v) is 4.46. The molecule has 0 atom stereocenters. The number of rotatable bonds is 4. The molecule has 1 saturated heterocycles. The van der Waals surface area contributed by atoms with Crippen molar-refractivity contribution in [2.24, 2.45) is 0 Å². The predicted molar refractivity (Wildman–Crippen MR) is 130 cm³/mol. The van der Waals surface area contributed by atoms with E-state index in [4.69, 9.17) is 9.47 Å². The highest BCUT2D eigenvalue weighted by molar-refractivity contribution is 6.10. The molecule has 0 saturated carbocycles. The van der Waals surface area contributed by atoms with E-state index in [1.807, 2.05) is 0 Å². The van der Waals surface area contributed by atoms with E-state index in [1.165, 1.54) is 27.4 Å². The van der Waals surface area contributed by atoms with Gasteiger partial charge in [0.2, 0.25) is 0 Å². The van der Waals surface area contributed by atoms with Crippen molar-refractivity contribution < 1.29 is 9.47 Å². The zero-order valence-corrected chi connectivity index (χ0v) is 17.9. The highest BCUT2D eigenvalue weighted by Crippen LogP contribution is 2.35. The Morgan fingerprint density at radius 2 is 1.41 bits per heavy atom. The summed E-state index contributed by atoms with van der Waals surface area (Å²) in [6.07, 6.45) is -0.252. The molecular formula is C28H24N2O2. The van der Waals surface area contributed by atoms with Crippen LogP contribution in [0.15, 0.2) is 91.0 Å². The molecule has 0 aliphatic carbocycles. The van der Waals surface area contributed by atoms with Crippen molar-refractivity contribution in [3.05, 3.63) is 102 Å². The van der Waals surface area contributed by atoms with Crippen molar-refractivity contribution in [1.29, 1.82) is 0 Å². The first-order chi connectivity index (χ1) is 15.8. The second-order valence-corrected chi connectivity index (χ2v) is 8.24. The Hall–Kier alpha value is -3.60. The Morgan fingerprint density at radius 1 is 0.719 bits per heavy atom. The van der Waals surface area contributed by atoms with Gasteiger partial charge in [-0.15, -0.1) is 0 Å². The summed E-state index contributed by atoms with van der Waals surface area (Å²) in [6.45, 7) is 3.40. The van der Waals surface area contributed by atoms with Crippen LogP contribution >= 0.6 is 0 Å². The number of aromatic nitrogens is 1. The first-order valence-electron chi connectivity index (χ1n) is 11.0. The monoisotopic (exact) mass is 420 g/mol. The maximum Gasteiger partial charge on any atom is 0.184 e. The molecular weight excluding hydrogens is 396 g/mol. The van der Waals surface area contributed by atoms with E-state index in [2.05, 4.69) is 108 Å². The number of benzene rings is 4. The third kappa shape index (κ3) is 3.34. The summed E-state index contributed by atoms with van der Waals surface area (Å²) in [5, 5.41) is 6.00. The third-order valence-electron chi connectivity index (χ3n) is 6.06. The summed E-state index contributed by atoms with van der Waals surface area (Å²) in [7, 11) is 0. The molecule has 0 unspecified atom stereocenters. The lowest BCUT2D eigenvalue weighted by atomic mass is 10.1. The normalized spacial score (nSPS) is 14.4. The lowest BCUT2D eigenvalue weighted by molar-refractivity contribution is -0.0441. The van der Waals surface area contributed by atoms with Crippen LogP contribution in [0.25, 0.3) is 27.5 Å². The fourth-order valence-electron chi connectivity index (χ4n) is 4.46. The van der Waals surface area contributed by atoms with Crippen LogP contribution in [0, 0.1) is 6.92 Å². The molecule has 4 aromatic carbocycles. The number of fused-ring (bicyclic) bond motifs is 3. The quantitative estimate of drug-likeness (QED) is 0.344. The van der Waals surface area contributed by atoms with Crippen LogP contribution in [-0.4, -0.2) is 17.8 Å². The molecule has 1 aliphatic heterocycles. The highest BCUT2D eigenvalue weighted by atomic mass is 16.7. The van der Waals surface area contributed by atoms with E-state index in [1.54, 1.807) is 0 Å². The molecule has 0 spiro atoms. The van der Waals surface area contributed by atoms with Crippen LogP contribution < -0.4 is 5.32 Å². The molecule has 4 nitrogen and oxygen atoms in total. The second-order valence-electron chi connectivity index (χ2n) is 8.24.